The molecule has 0 saturated carbocycles. The molecule has 3 rings (SSSR count). The van der Waals surface area contributed by atoms with Gasteiger partial charge in [-0.1, -0.05) is 0 Å². The third-order valence-corrected chi connectivity index (χ3v) is 5.68. The van der Waals surface area contributed by atoms with E-state index >= 15 is 0 Å². The Morgan fingerprint density at radius 2 is 2.25 bits per heavy atom. The summed E-state index contributed by atoms with van der Waals surface area (Å²) in [5, 5.41) is 2.24. The summed E-state index contributed by atoms with van der Waals surface area (Å²) < 4.78 is 4.67. The highest BCUT2D eigenvalue weighted by Gasteiger charge is 2.19. The maximum Gasteiger partial charge on any atom is 0.306 e. The Labute approximate surface area is 126 Å². The summed E-state index contributed by atoms with van der Waals surface area (Å²) in [4.78, 5) is 22.6. The lowest BCUT2D eigenvalue weighted by molar-refractivity contribution is -0.140. The first-order valence-corrected chi connectivity index (χ1v) is 8.54. The number of methoxy groups -OCH3 is 1. The molecule has 0 unspecified atom stereocenters. The first-order chi connectivity index (χ1) is 9.79. The molecule has 2 heterocycles. The quantitative estimate of drug-likeness (QED) is 0.493. The minimum atomic E-state index is -0.171. The minimum Gasteiger partial charge on any atom is -0.469 e. The summed E-state index contributed by atoms with van der Waals surface area (Å²) in [6.07, 6.45) is 6.87. The van der Waals surface area contributed by atoms with Crippen LogP contribution in [0.3, 0.4) is 0 Å². The van der Waals surface area contributed by atoms with Crippen molar-refractivity contribution in [1.29, 1.82) is 0 Å². The molecule has 2 aromatic heterocycles. The van der Waals surface area contributed by atoms with Gasteiger partial charge in [0.25, 0.3) is 0 Å². The fraction of sp³-hybridized carbons (Fsp3) is 0.500. The van der Waals surface area contributed by atoms with E-state index in [1.54, 1.807) is 29.4 Å². The zero-order valence-corrected chi connectivity index (χ0v) is 13.0. The van der Waals surface area contributed by atoms with Crippen LogP contribution in [0.25, 0.3) is 10.2 Å². The van der Waals surface area contributed by atoms with Gasteiger partial charge >= 0.3 is 5.97 Å². The fourth-order valence-corrected chi connectivity index (χ4v) is 4.75. The SMILES string of the molecule is COC(=O)CCSc1ncnc2sc3c(c12)CCCC3. The lowest BCUT2D eigenvalue weighted by atomic mass is 9.97. The largest absolute Gasteiger partial charge is 0.469 e. The lowest BCUT2D eigenvalue weighted by Gasteiger charge is -2.11. The number of hydrogen-bond donors (Lipinski definition) is 0. The molecule has 1 aliphatic rings. The van der Waals surface area contributed by atoms with Crippen molar-refractivity contribution in [3.8, 4) is 0 Å². The number of thioether (sulfide) groups is 1. The molecule has 6 heteroatoms. The molecule has 1 aliphatic carbocycles. The number of carbonyl (C=O) groups is 1. The van der Waals surface area contributed by atoms with Crippen molar-refractivity contribution >= 4 is 39.3 Å². The van der Waals surface area contributed by atoms with E-state index in [0.717, 1.165) is 16.3 Å². The van der Waals surface area contributed by atoms with Crippen LogP contribution in [-0.2, 0) is 22.4 Å². The number of esters is 1. The van der Waals surface area contributed by atoms with Crippen LogP contribution >= 0.6 is 23.1 Å². The maximum atomic E-state index is 11.2. The molecule has 0 saturated heterocycles. The van der Waals surface area contributed by atoms with E-state index in [4.69, 9.17) is 0 Å². The smallest absolute Gasteiger partial charge is 0.306 e. The third kappa shape index (κ3) is 2.67. The van der Waals surface area contributed by atoms with E-state index in [9.17, 15) is 4.79 Å². The summed E-state index contributed by atoms with van der Waals surface area (Å²) >= 11 is 3.43. The minimum absolute atomic E-state index is 0.171. The molecule has 0 spiro atoms. The number of nitrogens with zero attached hydrogens (tertiary/aromatic N) is 2. The van der Waals surface area contributed by atoms with E-state index < -0.39 is 0 Å². The van der Waals surface area contributed by atoms with Crippen LogP contribution in [0.2, 0.25) is 0 Å². The first kappa shape index (κ1) is 13.8. The molecule has 0 fully saturated rings. The van der Waals surface area contributed by atoms with Gasteiger partial charge in [-0.3, -0.25) is 4.79 Å². The molecular weight excluding hydrogens is 292 g/mol. The van der Waals surface area contributed by atoms with Crippen LogP contribution in [0.1, 0.15) is 29.7 Å². The Hall–Kier alpha value is -1.14. The van der Waals surface area contributed by atoms with Gasteiger partial charge in [0.15, 0.2) is 0 Å². The Kier molecular flexibility index (Phi) is 4.21. The topological polar surface area (TPSA) is 52.1 Å². The van der Waals surface area contributed by atoms with Crippen LogP contribution in [0.4, 0.5) is 0 Å². The van der Waals surface area contributed by atoms with E-state index in [1.807, 2.05) is 0 Å². The molecule has 0 atom stereocenters. The highest BCUT2D eigenvalue weighted by molar-refractivity contribution is 7.99. The van der Waals surface area contributed by atoms with Crippen molar-refractivity contribution < 1.29 is 9.53 Å². The number of hydrogen-bond acceptors (Lipinski definition) is 6. The van der Waals surface area contributed by atoms with Crippen molar-refractivity contribution in [2.75, 3.05) is 12.9 Å². The summed E-state index contributed by atoms with van der Waals surface area (Å²) in [6, 6.07) is 0. The van der Waals surface area contributed by atoms with Gasteiger partial charge in [-0.05, 0) is 31.2 Å². The van der Waals surface area contributed by atoms with Crippen molar-refractivity contribution in [3.63, 3.8) is 0 Å². The second kappa shape index (κ2) is 6.10. The number of carbonyl (C=O) groups excluding carboxylic acids is 1. The molecule has 2 aromatic rings. The average Bonchev–Trinajstić information content (AvgIpc) is 2.86. The van der Waals surface area contributed by atoms with Crippen molar-refractivity contribution in [3.05, 3.63) is 16.8 Å². The molecule has 0 amide bonds. The van der Waals surface area contributed by atoms with Gasteiger partial charge in [-0.25, -0.2) is 9.97 Å². The molecule has 0 N–H and O–H groups in total. The number of thiophene rings is 1. The van der Waals surface area contributed by atoms with Gasteiger partial charge in [0, 0.05) is 16.0 Å². The Morgan fingerprint density at radius 1 is 1.40 bits per heavy atom. The normalized spacial score (nSPS) is 14.2. The number of rotatable bonds is 4. The highest BCUT2D eigenvalue weighted by Crippen LogP contribution is 2.39. The van der Waals surface area contributed by atoms with Gasteiger partial charge in [-0.15, -0.1) is 23.1 Å². The van der Waals surface area contributed by atoms with Crippen molar-refractivity contribution in [2.45, 2.75) is 37.1 Å². The Balaban J connectivity index is 1.87. The molecular formula is C14H16N2O2S2. The first-order valence-electron chi connectivity index (χ1n) is 6.74. The van der Waals surface area contributed by atoms with E-state index in [0.29, 0.717) is 12.2 Å². The Bertz CT molecular complexity index is 639. The van der Waals surface area contributed by atoms with Crippen LogP contribution < -0.4 is 0 Å². The molecule has 0 aliphatic heterocycles. The van der Waals surface area contributed by atoms with Crippen LogP contribution in [0.15, 0.2) is 11.4 Å². The number of fused-ring (bicyclic) bond motifs is 3. The zero-order chi connectivity index (χ0) is 13.9. The standard InChI is InChI=1S/C14H16N2O2S2/c1-18-11(17)6-7-19-13-12-9-4-2-3-5-10(9)20-14(12)16-8-15-13/h8H,2-7H2,1H3. The predicted molar refractivity (Wildman–Crippen MR) is 81.4 cm³/mol. The molecule has 0 bridgehead atoms. The Morgan fingerprint density at radius 3 is 3.10 bits per heavy atom. The third-order valence-electron chi connectivity index (χ3n) is 3.49. The maximum absolute atomic E-state index is 11.2. The van der Waals surface area contributed by atoms with Gasteiger partial charge in [0.2, 0.25) is 0 Å². The summed E-state index contributed by atoms with van der Waals surface area (Å²) in [6.45, 7) is 0. The van der Waals surface area contributed by atoms with E-state index in [-0.39, 0.29) is 5.97 Å². The van der Waals surface area contributed by atoms with Gasteiger partial charge in [-0.2, -0.15) is 0 Å². The number of aryl methyl sites for hydroxylation is 2. The molecule has 0 radical (unpaired) electrons. The second-order valence-corrected chi connectivity index (χ2v) is 6.91. The van der Waals surface area contributed by atoms with Gasteiger partial charge in [0.05, 0.1) is 13.5 Å². The number of ether oxygens (including phenoxy) is 1. The number of aromatic nitrogens is 2. The van der Waals surface area contributed by atoms with Crippen LogP contribution in [0, 0.1) is 0 Å². The van der Waals surface area contributed by atoms with Crippen LogP contribution in [0.5, 0.6) is 0 Å². The fourth-order valence-electron chi connectivity index (χ4n) is 2.50. The molecule has 4 nitrogen and oxygen atoms in total. The van der Waals surface area contributed by atoms with Gasteiger partial charge < -0.3 is 4.74 Å². The van der Waals surface area contributed by atoms with Crippen molar-refractivity contribution in [1.82, 2.24) is 9.97 Å². The molecule has 0 aromatic carbocycles. The van der Waals surface area contributed by atoms with Crippen LogP contribution in [-0.4, -0.2) is 28.8 Å². The zero-order valence-electron chi connectivity index (χ0n) is 11.3. The average molecular weight is 308 g/mol. The van der Waals surface area contributed by atoms with Gasteiger partial charge in [0.1, 0.15) is 16.2 Å². The van der Waals surface area contributed by atoms with Crippen molar-refractivity contribution in [2.24, 2.45) is 0 Å². The molecule has 106 valence electrons. The predicted octanol–water partition coefficient (Wildman–Crippen LogP) is 3.23. The van der Waals surface area contributed by atoms with E-state index in [2.05, 4.69) is 14.7 Å². The summed E-state index contributed by atoms with van der Waals surface area (Å²) in [7, 11) is 1.42. The summed E-state index contributed by atoms with van der Waals surface area (Å²) in [5.74, 6) is 0.527. The monoisotopic (exact) mass is 308 g/mol. The highest BCUT2D eigenvalue weighted by atomic mass is 32.2. The molecule has 20 heavy (non-hydrogen) atoms. The second-order valence-electron chi connectivity index (χ2n) is 4.74. The van der Waals surface area contributed by atoms with E-state index in [1.165, 1.54) is 42.2 Å². The summed E-state index contributed by atoms with van der Waals surface area (Å²) in [5.41, 5.74) is 1.44. The lowest BCUT2D eigenvalue weighted by Crippen LogP contribution is -2.02.